The molecule has 0 unspecified atom stereocenters. The summed E-state index contributed by atoms with van der Waals surface area (Å²) in [6.07, 6.45) is 0. The van der Waals surface area contributed by atoms with Crippen LogP contribution in [0.3, 0.4) is 0 Å². The van der Waals surface area contributed by atoms with Crippen molar-refractivity contribution < 1.29 is 22.7 Å². The highest BCUT2D eigenvalue weighted by atomic mass is 32.2. The standard InChI is InChI=1S/C18H20N2O5S/c1-13-5-3-4-6-16(13)20(14(2)21)10-9-19-26(22,23)15-7-8-17-18(11-15)25-12-24-17/h3-8,11,19H,9-10,12H2,1-2H3. The molecule has 0 radical (unpaired) electrons. The van der Waals surface area contributed by atoms with Gasteiger partial charge >= 0.3 is 0 Å². The molecule has 0 bridgehead atoms. The van der Waals surface area contributed by atoms with Crippen LogP contribution < -0.4 is 19.1 Å². The van der Waals surface area contributed by atoms with E-state index in [2.05, 4.69) is 4.72 Å². The first-order valence-corrected chi connectivity index (χ1v) is 9.60. The number of fused-ring (bicyclic) bond motifs is 1. The summed E-state index contributed by atoms with van der Waals surface area (Å²) in [5.74, 6) is 0.769. The molecule has 2 aromatic rings. The van der Waals surface area contributed by atoms with Crippen LogP contribution in [0.25, 0.3) is 0 Å². The highest BCUT2D eigenvalue weighted by Crippen LogP contribution is 2.33. The van der Waals surface area contributed by atoms with Crippen molar-refractivity contribution in [3.63, 3.8) is 0 Å². The van der Waals surface area contributed by atoms with Crippen molar-refractivity contribution in [2.24, 2.45) is 0 Å². The number of benzene rings is 2. The topological polar surface area (TPSA) is 84.9 Å². The Hall–Kier alpha value is -2.58. The van der Waals surface area contributed by atoms with Gasteiger partial charge in [-0.05, 0) is 30.7 Å². The molecule has 0 aliphatic carbocycles. The number of hydrogen-bond donors (Lipinski definition) is 1. The molecule has 0 saturated heterocycles. The Morgan fingerprint density at radius 3 is 2.62 bits per heavy atom. The van der Waals surface area contributed by atoms with Crippen molar-refractivity contribution in [3.05, 3.63) is 48.0 Å². The molecule has 0 saturated carbocycles. The van der Waals surface area contributed by atoms with E-state index >= 15 is 0 Å². The molecule has 0 fully saturated rings. The zero-order chi connectivity index (χ0) is 18.7. The Labute approximate surface area is 152 Å². The van der Waals surface area contributed by atoms with Crippen LogP contribution in [0.1, 0.15) is 12.5 Å². The number of para-hydroxylation sites is 1. The number of carbonyl (C=O) groups is 1. The third-order valence-corrected chi connectivity index (χ3v) is 5.53. The molecule has 1 heterocycles. The van der Waals surface area contributed by atoms with Crippen LogP contribution in [0.4, 0.5) is 5.69 Å². The van der Waals surface area contributed by atoms with E-state index in [1.807, 2.05) is 31.2 Å². The molecule has 0 spiro atoms. The fourth-order valence-corrected chi connectivity index (χ4v) is 3.77. The van der Waals surface area contributed by atoms with Crippen molar-refractivity contribution in [3.8, 4) is 11.5 Å². The number of anilines is 1. The zero-order valence-electron chi connectivity index (χ0n) is 14.6. The number of hydrogen-bond acceptors (Lipinski definition) is 5. The lowest BCUT2D eigenvalue weighted by Gasteiger charge is -2.23. The number of sulfonamides is 1. The minimum Gasteiger partial charge on any atom is -0.454 e. The van der Waals surface area contributed by atoms with Crippen LogP contribution in [0.15, 0.2) is 47.4 Å². The van der Waals surface area contributed by atoms with E-state index < -0.39 is 10.0 Å². The first kappa shape index (κ1) is 18.2. The minimum atomic E-state index is -3.72. The lowest BCUT2D eigenvalue weighted by molar-refractivity contribution is -0.116. The van der Waals surface area contributed by atoms with Crippen molar-refractivity contribution in [2.75, 3.05) is 24.8 Å². The summed E-state index contributed by atoms with van der Waals surface area (Å²) in [6.45, 7) is 3.76. The first-order chi connectivity index (χ1) is 12.4. The molecule has 1 amide bonds. The van der Waals surface area contributed by atoms with Crippen molar-refractivity contribution in [2.45, 2.75) is 18.7 Å². The molecule has 138 valence electrons. The number of ether oxygens (including phenoxy) is 2. The molecule has 8 heteroatoms. The Morgan fingerprint density at radius 1 is 1.15 bits per heavy atom. The van der Waals surface area contributed by atoms with E-state index in [0.29, 0.717) is 11.5 Å². The van der Waals surface area contributed by atoms with Crippen molar-refractivity contribution in [1.29, 1.82) is 0 Å². The summed E-state index contributed by atoms with van der Waals surface area (Å²) in [6, 6.07) is 11.9. The minimum absolute atomic E-state index is 0.0796. The van der Waals surface area contributed by atoms with E-state index in [-0.39, 0.29) is 30.7 Å². The molecular formula is C18H20N2O5S. The number of aryl methyl sites for hydroxylation is 1. The normalized spacial score (nSPS) is 12.8. The summed E-state index contributed by atoms with van der Waals surface area (Å²) >= 11 is 0. The van der Waals surface area contributed by atoms with Gasteiger partial charge in [-0.2, -0.15) is 0 Å². The molecule has 0 atom stereocenters. The van der Waals surface area contributed by atoms with Gasteiger partial charge in [0.05, 0.1) is 4.90 Å². The van der Waals surface area contributed by atoms with E-state index in [1.54, 1.807) is 11.0 Å². The van der Waals surface area contributed by atoms with E-state index in [9.17, 15) is 13.2 Å². The molecule has 2 aromatic carbocycles. The fraction of sp³-hybridized carbons (Fsp3) is 0.278. The second-order valence-electron chi connectivity index (χ2n) is 5.87. The number of carbonyl (C=O) groups excluding carboxylic acids is 1. The van der Waals surface area contributed by atoms with Crippen LogP contribution in [-0.2, 0) is 14.8 Å². The summed E-state index contributed by atoms with van der Waals surface area (Å²) in [5.41, 5.74) is 1.71. The average Bonchev–Trinajstić information content (AvgIpc) is 3.07. The largest absolute Gasteiger partial charge is 0.454 e. The van der Waals surface area contributed by atoms with Crippen molar-refractivity contribution >= 4 is 21.6 Å². The first-order valence-electron chi connectivity index (χ1n) is 8.11. The summed E-state index contributed by atoms with van der Waals surface area (Å²) < 4.78 is 37.9. The third kappa shape index (κ3) is 3.81. The number of amides is 1. The zero-order valence-corrected chi connectivity index (χ0v) is 15.4. The Morgan fingerprint density at radius 2 is 1.88 bits per heavy atom. The second-order valence-corrected chi connectivity index (χ2v) is 7.64. The van der Waals surface area contributed by atoms with Crippen LogP contribution in [-0.4, -0.2) is 34.2 Å². The lowest BCUT2D eigenvalue weighted by Crippen LogP contribution is -2.37. The van der Waals surface area contributed by atoms with Gasteiger partial charge in [0.15, 0.2) is 11.5 Å². The Balaban J connectivity index is 1.69. The van der Waals surface area contributed by atoms with Crippen LogP contribution in [0.5, 0.6) is 11.5 Å². The molecule has 1 aliphatic heterocycles. The van der Waals surface area contributed by atoms with Crippen LogP contribution >= 0.6 is 0 Å². The maximum Gasteiger partial charge on any atom is 0.240 e. The van der Waals surface area contributed by atoms with Gasteiger partial charge in [0.1, 0.15) is 0 Å². The van der Waals surface area contributed by atoms with Crippen LogP contribution in [0.2, 0.25) is 0 Å². The monoisotopic (exact) mass is 376 g/mol. The maximum atomic E-state index is 12.5. The maximum absolute atomic E-state index is 12.5. The van der Waals surface area contributed by atoms with Gasteiger partial charge < -0.3 is 14.4 Å². The molecule has 26 heavy (non-hydrogen) atoms. The van der Waals surface area contributed by atoms with E-state index in [4.69, 9.17) is 9.47 Å². The highest BCUT2D eigenvalue weighted by Gasteiger charge is 2.21. The second kappa shape index (κ2) is 7.35. The molecule has 1 aliphatic rings. The van der Waals surface area contributed by atoms with Gasteiger partial charge in [0, 0.05) is 31.8 Å². The third-order valence-electron chi connectivity index (χ3n) is 4.07. The van der Waals surface area contributed by atoms with Gasteiger partial charge in [-0.1, -0.05) is 18.2 Å². The lowest BCUT2D eigenvalue weighted by atomic mass is 10.2. The number of nitrogens with zero attached hydrogens (tertiary/aromatic N) is 1. The van der Waals surface area contributed by atoms with Gasteiger partial charge in [-0.15, -0.1) is 0 Å². The van der Waals surface area contributed by atoms with E-state index in [1.165, 1.54) is 19.1 Å². The SMILES string of the molecule is CC(=O)N(CCNS(=O)(=O)c1ccc2c(c1)OCO2)c1ccccc1C. The number of rotatable bonds is 6. The smallest absolute Gasteiger partial charge is 0.240 e. The highest BCUT2D eigenvalue weighted by molar-refractivity contribution is 7.89. The summed E-state index contributed by atoms with van der Waals surface area (Å²) in [7, 11) is -3.72. The van der Waals surface area contributed by atoms with E-state index in [0.717, 1.165) is 11.3 Å². The van der Waals surface area contributed by atoms with Gasteiger partial charge in [0.2, 0.25) is 22.7 Å². The summed E-state index contributed by atoms with van der Waals surface area (Å²) in [5, 5.41) is 0. The Kier molecular flexibility index (Phi) is 5.15. The molecular weight excluding hydrogens is 356 g/mol. The van der Waals surface area contributed by atoms with Gasteiger partial charge in [-0.3, -0.25) is 4.79 Å². The predicted molar refractivity (Wildman–Crippen MR) is 97.0 cm³/mol. The van der Waals surface area contributed by atoms with Gasteiger partial charge in [-0.25, -0.2) is 13.1 Å². The molecule has 3 rings (SSSR count). The van der Waals surface area contributed by atoms with Gasteiger partial charge in [0.25, 0.3) is 0 Å². The summed E-state index contributed by atoms with van der Waals surface area (Å²) in [4.78, 5) is 13.6. The number of nitrogens with one attached hydrogen (secondary N) is 1. The average molecular weight is 376 g/mol. The quantitative estimate of drug-likeness (QED) is 0.834. The fourth-order valence-electron chi connectivity index (χ4n) is 2.73. The molecule has 1 N–H and O–H groups in total. The van der Waals surface area contributed by atoms with Crippen molar-refractivity contribution in [1.82, 2.24) is 4.72 Å². The predicted octanol–water partition coefficient (Wildman–Crippen LogP) is 2.06. The molecule has 0 aromatic heterocycles. The Bertz CT molecular complexity index is 927. The van der Waals surface area contributed by atoms with Crippen LogP contribution in [0, 0.1) is 6.92 Å². The molecule has 7 nitrogen and oxygen atoms in total.